The molecule has 0 aliphatic heterocycles. The molecule has 0 saturated heterocycles. The third-order valence-electron chi connectivity index (χ3n) is 3.15. The number of amides is 1. The normalized spacial score (nSPS) is 10.3. The van der Waals surface area contributed by atoms with Gasteiger partial charge in [0.05, 0.1) is 31.6 Å². The van der Waals surface area contributed by atoms with Crippen molar-refractivity contribution in [1.29, 1.82) is 0 Å². The Morgan fingerprint density at radius 2 is 1.74 bits per heavy atom. The second-order valence-corrected chi connectivity index (χ2v) is 5.18. The van der Waals surface area contributed by atoms with Crippen molar-refractivity contribution in [2.24, 2.45) is 0 Å². The van der Waals surface area contributed by atoms with E-state index >= 15 is 0 Å². The molecule has 0 atom stereocenters. The minimum atomic E-state index is -0.274. The van der Waals surface area contributed by atoms with Crippen LogP contribution in [-0.2, 0) is 0 Å². The Balaban J connectivity index is 2.26. The zero-order valence-electron chi connectivity index (χ0n) is 13.8. The standard InChI is InChI=1S/C18H21NO4/c1-12(2)23-16-8-6-5-7-15(16)19-18(20)14-10-9-13(21-3)11-17(14)22-4/h5-12H,1-4H3,(H,19,20). The van der Waals surface area contributed by atoms with Crippen LogP contribution in [0.3, 0.4) is 0 Å². The van der Waals surface area contributed by atoms with Crippen LogP contribution in [0.4, 0.5) is 5.69 Å². The van der Waals surface area contributed by atoms with Gasteiger partial charge in [-0.2, -0.15) is 0 Å². The Kier molecular flexibility index (Phi) is 5.46. The van der Waals surface area contributed by atoms with Crippen LogP contribution >= 0.6 is 0 Å². The second-order valence-electron chi connectivity index (χ2n) is 5.18. The van der Waals surface area contributed by atoms with Crippen LogP contribution in [0.5, 0.6) is 17.2 Å². The van der Waals surface area contributed by atoms with Crippen molar-refractivity contribution in [2.75, 3.05) is 19.5 Å². The van der Waals surface area contributed by atoms with E-state index in [9.17, 15) is 4.79 Å². The van der Waals surface area contributed by atoms with Gasteiger partial charge >= 0.3 is 0 Å². The molecule has 5 heteroatoms. The quantitative estimate of drug-likeness (QED) is 0.882. The summed E-state index contributed by atoms with van der Waals surface area (Å²) in [5.41, 5.74) is 1.04. The van der Waals surface area contributed by atoms with Crippen LogP contribution in [0.2, 0.25) is 0 Å². The molecule has 0 aromatic heterocycles. The monoisotopic (exact) mass is 315 g/mol. The maximum atomic E-state index is 12.5. The van der Waals surface area contributed by atoms with Crippen molar-refractivity contribution >= 4 is 11.6 Å². The van der Waals surface area contributed by atoms with Crippen molar-refractivity contribution in [2.45, 2.75) is 20.0 Å². The van der Waals surface area contributed by atoms with E-state index in [1.807, 2.05) is 32.0 Å². The maximum Gasteiger partial charge on any atom is 0.259 e. The minimum Gasteiger partial charge on any atom is -0.497 e. The molecular weight excluding hydrogens is 294 g/mol. The number of methoxy groups -OCH3 is 2. The summed E-state index contributed by atoms with van der Waals surface area (Å²) >= 11 is 0. The van der Waals surface area contributed by atoms with Gasteiger partial charge in [0.25, 0.3) is 5.91 Å². The van der Waals surface area contributed by atoms with E-state index in [0.29, 0.717) is 28.5 Å². The Morgan fingerprint density at radius 1 is 1.00 bits per heavy atom. The van der Waals surface area contributed by atoms with Gasteiger partial charge in [-0.3, -0.25) is 4.79 Å². The summed E-state index contributed by atoms with van der Waals surface area (Å²) in [5.74, 6) is 1.43. The molecule has 0 radical (unpaired) electrons. The van der Waals surface area contributed by atoms with Crippen LogP contribution in [0.25, 0.3) is 0 Å². The van der Waals surface area contributed by atoms with Crippen LogP contribution in [0.1, 0.15) is 24.2 Å². The maximum absolute atomic E-state index is 12.5. The Bertz CT molecular complexity index is 682. The summed E-state index contributed by atoms with van der Waals surface area (Å²) in [6, 6.07) is 12.4. The highest BCUT2D eigenvalue weighted by atomic mass is 16.5. The molecule has 0 aliphatic carbocycles. The number of para-hydroxylation sites is 2. The first-order valence-corrected chi connectivity index (χ1v) is 7.34. The first-order chi connectivity index (χ1) is 11.0. The van der Waals surface area contributed by atoms with Crippen LogP contribution < -0.4 is 19.5 Å². The number of anilines is 1. The lowest BCUT2D eigenvalue weighted by molar-refractivity contribution is 0.102. The van der Waals surface area contributed by atoms with E-state index in [2.05, 4.69) is 5.32 Å². The highest BCUT2D eigenvalue weighted by Crippen LogP contribution is 2.28. The number of nitrogens with one attached hydrogen (secondary N) is 1. The second kappa shape index (κ2) is 7.54. The number of hydrogen-bond acceptors (Lipinski definition) is 4. The number of ether oxygens (including phenoxy) is 3. The molecular formula is C18H21NO4. The van der Waals surface area contributed by atoms with E-state index in [1.54, 1.807) is 31.4 Å². The molecule has 0 fully saturated rings. The molecule has 0 aliphatic rings. The molecule has 0 spiro atoms. The fourth-order valence-corrected chi connectivity index (χ4v) is 2.10. The molecule has 0 saturated carbocycles. The molecule has 5 nitrogen and oxygen atoms in total. The number of rotatable bonds is 6. The van der Waals surface area contributed by atoms with E-state index in [4.69, 9.17) is 14.2 Å². The van der Waals surface area contributed by atoms with Gasteiger partial charge in [0.1, 0.15) is 17.2 Å². The van der Waals surface area contributed by atoms with Gasteiger partial charge in [0.2, 0.25) is 0 Å². The van der Waals surface area contributed by atoms with Gasteiger partial charge in [0.15, 0.2) is 0 Å². The molecule has 2 rings (SSSR count). The summed E-state index contributed by atoms with van der Waals surface area (Å²) in [4.78, 5) is 12.5. The van der Waals surface area contributed by atoms with Gasteiger partial charge in [0, 0.05) is 6.07 Å². The fourth-order valence-electron chi connectivity index (χ4n) is 2.10. The van der Waals surface area contributed by atoms with Crippen molar-refractivity contribution < 1.29 is 19.0 Å². The number of hydrogen-bond donors (Lipinski definition) is 1. The highest BCUT2D eigenvalue weighted by Gasteiger charge is 2.15. The molecule has 2 aromatic rings. The van der Waals surface area contributed by atoms with Gasteiger partial charge < -0.3 is 19.5 Å². The lowest BCUT2D eigenvalue weighted by atomic mass is 10.1. The smallest absolute Gasteiger partial charge is 0.259 e. The third-order valence-corrected chi connectivity index (χ3v) is 3.15. The lowest BCUT2D eigenvalue weighted by Gasteiger charge is -2.15. The minimum absolute atomic E-state index is 0.0172. The zero-order valence-corrected chi connectivity index (χ0v) is 13.8. The summed E-state index contributed by atoms with van der Waals surface area (Å²) in [5, 5.41) is 2.86. The van der Waals surface area contributed by atoms with E-state index in [0.717, 1.165) is 0 Å². The summed E-state index contributed by atoms with van der Waals surface area (Å²) < 4.78 is 16.1. The molecule has 1 amide bonds. The highest BCUT2D eigenvalue weighted by molar-refractivity contribution is 6.07. The van der Waals surface area contributed by atoms with Crippen LogP contribution in [-0.4, -0.2) is 26.2 Å². The topological polar surface area (TPSA) is 56.8 Å². The number of carbonyl (C=O) groups is 1. The van der Waals surface area contributed by atoms with Gasteiger partial charge in [-0.25, -0.2) is 0 Å². The summed E-state index contributed by atoms with van der Waals surface area (Å²) in [6.45, 7) is 3.87. The molecule has 1 N–H and O–H groups in total. The predicted octanol–water partition coefficient (Wildman–Crippen LogP) is 3.74. The van der Waals surface area contributed by atoms with E-state index in [1.165, 1.54) is 7.11 Å². The molecule has 23 heavy (non-hydrogen) atoms. The van der Waals surface area contributed by atoms with Crippen molar-refractivity contribution in [3.63, 3.8) is 0 Å². The van der Waals surface area contributed by atoms with Crippen molar-refractivity contribution in [1.82, 2.24) is 0 Å². The Hall–Kier alpha value is -2.69. The molecule has 0 heterocycles. The fraction of sp³-hybridized carbons (Fsp3) is 0.278. The third kappa shape index (κ3) is 4.16. The summed E-state index contributed by atoms with van der Waals surface area (Å²) in [6.07, 6.45) is 0.0172. The zero-order chi connectivity index (χ0) is 16.8. The first kappa shape index (κ1) is 16.7. The number of carbonyl (C=O) groups excluding carboxylic acids is 1. The van der Waals surface area contributed by atoms with Gasteiger partial charge in [-0.05, 0) is 38.1 Å². The van der Waals surface area contributed by atoms with Gasteiger partial charge in [-0.1, -0.05) is 12.1 Å². The Morgan fingerprint density at radius 3 is 2.39 bits per heavy atom. The van der Waals surface area contributed by atoms with Crippen LogP contribution in [0.15, 0.2) is 42.5 Å². The average molecular weight is 315 g/mol. The van der Waals surface area contributed by atoms with Crippen molar-refractivity contribution in [3.8, 4) is 17.2 Å². The first-order valence-electron chi connectivity index (χ1n) is 7.34. The molecule has 122 valence electrons. The number of benzene rings is 2. The predicted molar refractivity (Wildman–Crippen MR) is 89.7 cm³/mol. The Labute approximate surface area is 136 Å². The molecule has 0 unspecified atom stereocenters. The SMILES string of the molecule is COc1ccc(C(=O)Nc2ccccc2OC(C)C)c(OC)c1. The summed E-state index contributed by atoms with van der Waals surface area (Å²) in [7, 11) is 3.08. The van der Waals surface area contributed by atoms with Crippen molar-refractivity contribution in [3.05, 3.63) is 48.0 Å². The lowest BCUT2D eigenvalue weighted by Crippen LogP contribution is -2.15. The molecule has 0 bridgehead atoms. The molecule has 2 aromatic carbocycles. The van der Waals surface area contributed by atoms with Crippen LogP contribution in [0, 0.1) is 0 Å². The van der Waals surface area contributed by atoms with Gasteiger partial charge in [-0.15, -0.1) is 0 Å². The average Bonchev–Trinajstić information content (AvgIpc) is 2.55. The largest absolute Gasteiger partial charge is 0.497 e. The van der Waals surface area contributed by atoms with E-state index < -0.39 is 0 Å². The van der Waals surface area contributed by atoms with E-state index in [-0.39, 0.29) is 12.0 Å².